The van der Waals surface area contributed by atoms with Gasteiger partial charge in [0.1, 0.15) is 5.82 Å². The van der Waals surface area contributed by atoms with Crippen LogP contribution in [0.5, 0.6) is 0 Å². The van der Waals surface area contributed by atoms with Crippen LogP contribution in [0.25, 0.3) is 0 Å². The number of urea groups is 1. The van der Waals surface area contributed by atoms with Gasteiger partial charge in [0.15, 0.2) is 15.7 Å². The number of benzene rings is 2. The molecule has 1 aliphatic heterocycles. The van der Waals surface area contributed by atoms with Crippen molar-refractivity contribution >= 4 is 15.9 Å². The Bertz CT molecular complexity index is 1350. The maximum absolute atomic E-state index is 13.3. The number of aromatic nitrogens is 3. The van der Waals surface area contributed by atoms with Crippen molar-refractivity contribution in [1.82, 2.24) is 25.0 Å². The Hall–Kier alpha value is -3.20. The Morgan fingerprint density at radius 2 is 1.70 bits per heavy atom. The zero-order chi connectivity index (χ0) is 26.2. The molecule has 196 valence electrons. The standard InChI is InChI=1S/C28H35N5O3S/c1-4-37(35,36)23-14-10-20(11-15-23)16-29-28(34)32-17-24(21-8-6-5-7-9-21)25(18-32)27-30-26(22-12-13-22)31-33(27)19(2)3/h5-11,14-15,19,22,24-25H,4,12-13,16-18H2,1-3H3,(H,29,34). The summed E-state index contributed by atoms with van der Waals surface area (Å²) in [4.78, 5) is 20.5. The summed E-state index contributed by atoms with van der Waals surface area (Å²) in [5.41, 5.74) is 2.05. The highest BCUT2D eigenvalue weighted by Crippen LogP contribution is 2.43. The van der Waals surface area contributed by atoms with E-state index < -0.39 is 9.84 Å². The van der Waals surface area contributed by atoms with E-state index in [1.807, 2.05) is 23.1 Å². The van der Waals surface area contributed by atoms with Crippen LogP contribution in [-0.2, 0) is 16.4 Å². The second-order valence-corrected chi connectivity index (χ2v) is 12.7. The molecule has 1 aromatic heterocycles. The van der Waals surface area contributed by atoms with Gasteiger partial charge in [-0.25, -0.2) is 22.9 Å². The van der Waals surface area contributed by atoms with Crippen LogP contribution in [0.3, 0.4) is 0 Å². The van der Waals surface area contributed by atoms with Gasteiger partial charge in [-0.2, -0.15) is 5.10 Å². The van der Waals surface area contributed by atoms with Crippen molar-refractivity contribution in [1.29, 1.82) is 0 Å². The number of carbonyl (C=O) groups is 1. The van der Waals surface area contributed by atoms with E-state index in [2.05, 4.69) is 36.0 Å². The zero-order valence-corrected chi connectivity index (χ0v) is 22.5. The smallest absolute Gasteiger partial charge is 0.317 e. The zero-order valence-electron chi connectivity index (χ0n) is 21.7. The lowest BCUT2D eigenvalue weighted by Crippen LogP contribution is -2.38. The Morgan fingerprint density at radius 1 is 1.03 bits per heavy atom. The molecular weight excluding hydrogens is 486 g/mol. The van der Waals surface area contributed by atoms with E-state index in [1.54, 1.807) is 31.2 Å². The number of hydrogen-bond acceptors (Lipinski definition) is 5. The largest absolute Gasteiger partial charge is 0.334 e. The monoisotopic (exact) mass is 521 g/mol. The van der Waals surface area contributed by atoms with Crippen molar-refractivity contribution in [3.63, 3.8) is 0 Å². The van der Waals surface area contributed by atoms with Crippen LogP contribution in [0.15, 0.2) is 59.5 Å². The van der Waals surface area contributed by atoms with E-state index in [1.165, 1.54) is 5.56 Å². The minimum absolute atomic E-state index is 0.0501. The Balaban J connectivity index is 1.34. The number of carbonyl (C=O) groups excluding carboxylic acids is 1. The predicted molar refractivity (Wildman–Crippen MR) is 142 cm³/mol. The fourth-order valence-corrected chi connectivity index (χ4v) is 5.92. The number of sulfone groups is 1. The molecule has 0 bridgehead atoms. The quantitative estimate of drug-likeness (QED) is 0.466. The lowest BCUT2D eigenvalue weighted by atomic mass is 9.88. The van der Waals surface area contributed by atoms with Gasteiger partial charge in [-0.3, -0.25) is 0 Å². The number of likely N-dealkylation sites (tertiary alicyclic amines) is 1. The molecule has 0 radical (unpaired) electrons. The second kappa shape index (κ2) is 10.3. The van der Waals surface area contributed by atoms with Crippen molar-refractivity contribution in [3.8, 4) is 0 Å². The molecule has 1 saturated carbocycles. The first-order chi connectivity index (χ1) is 17.8. The number of nitrogens with zero attached hydrogens (tertiary/aromatic N) is 4. The van der Waals surface area contributed by atoms with E-state index in [4.69, 9.17) is 10.1 Å². The highest BCUT2D eigenvalue weighted by atomic mass is 32.2. The third-order valence-electron chi connectivity index (χ3n) is 7.38. The molecule has 3 aromatic rings. The normalized spacial score (nSPS) is 19.9. The van der Waals surface area contributed by atoms with E-state index in [0.717, 1.165) is 30.1 Å². The summed E-state index contributed by atoms with van der Waals surface area (Å²) in [5, 5.41) is 7.89. The predicted octanol–water partition coefficient (Wildman–Crippen LogP) is 4.62. The summed E-state index contributed by atoms with van der Waals surface area (Å²) < 4.78 is 26.2. The van der Waals surface area contributed by atoms with Crippen molar-refractivity contribution in [2.24, 2.45) is 0 Å². The van der Waals surface area contributed by atoms with Gasteiger partial charge in [0, 0.05) is 43.4 Å². The minimum Gasteiger partial charge on any atom is -0.334 e. The van der Waals surface area contributed by atoms with Gasteiger partial charge in [-0.05, 0) is 49.9 Å². The topological polar surface area (TPSA) is 97.2 Å². The first kappa shape index (κ1) is 25.4. The SMILES string of the molecule is CCS(=O)(=O)c1ccc(CNC(=O)N2CC(c3ccccc3)C(c3nc(C4CC4)nn3C(C)C)C2)cc1. The first-order valence-electron chi connectivity index (χ1n) is 13.1. The minimum atomic E-state index is -3.24. The fourth-order valence-electron chi connectivity index (χ4n) is 5.04. The van der Waals surface area contributed by atoms with Crippen LogP contribution in [0, 0.1) is 0 Å². The molecule has 2 amide bonds. The third-order valence-corrected chi connectivity index (χ3v) is 9.13. The average Bonchev–Trinajstić information content (AvgIpc) is 3.50. The molecule has 2 fully saturated rings. The summed E-state index contributed by atoms with van der Waals surface area (Å²) in [6.45, 7) is 7.38. The van der Waals surface area contributed by atoms with E-state index in [-0.39, 0.29) is 29.7 Å². The molecule has 1 N–H and O–H groups in total. The van der Waals surface area contributed by atoms with Crippen molar-refractivity contribution in [2.75, 3.05) is 18.8 Å². The summed E-state index contributed by atoms with van der Waals surface area (Å²) in [5.74, 6) is 2.61. The highest BCUT2D eigenvalue weighted by molar-refractivity contribution is 7.91. The van der Waals surface area contributed by atoms with Crippen molar-refractivity contribution < 1.29 is 13.2 Å². The van der Waals surface area contributed by atoms with Crippen molar-refractivity contribution in [2.45, 2.75) is 68.8 Å². The first-order valence-corrected chi connectivity index (χ1v) is 14.8. The number of amides is 2. The van der Waals surface area contributed by atoms with E-state index in [0.29, 0.717) is 30.4 Å². The lowest BCUT2D eigenvalue weighted by Gasteiger charge is -2.20. The third kappa shape index (κ3) is 5.42. The van der Waals surface area contributed by atoms with Gasteiger partial charge < -0.3 is 10.2 Å². The molecule has 1 saturated heterocycles. The second-order valence-electron chi connectivity index (χ2n) is 10.4. The van der Waals surface area contributed by atoms with Gasteiger partial charge in [0.25, 0.3) is 0 Å². The van der Waals surface area contributed by atoms with Gasteiger partial charge in [-0.15, -0.1) is 0 Å². The molecule has 2 heterocycles. The van der Waals surface area contributed by atoms with Gasteiger partial charge in [0.05, 0.1) is 10.6 Å². The van der Waals surface area contributed by atoms with E-state index >= 15 is 0 Å². The summed E-state index contributed by atoms with van der Waals surface area (Å²) in [7, 11) is -3.24. The molecule has 37 heavy (non-hydrogen) atoms. The van der Waals surface area contributed by atoms with Crippen molar-refractivity contribution in [3.05, 3.63) is 77.4 Å². The van der Waals surface area contributed by atoms with Gasteiger partial charge in [-0.1, -0.05) is 49.4 Å². The Morgan fingerprint density at radius 3 is 2.32 bits per heavy atom. The molecule has 2 aliphatic rings. The van der Waals surface area contributed by atoms with Gasteiger partial charge in [0.2, 0.25) is 0 Å². The van der Waals surface area contributed by atoms with Crippen LogP contribution in [0.4, 0.5) is 4.79 Å². The van der Waals surface area contributed by atoms with Crippen LogP contribution in [-0.4, -0.2) is 53.0 Å². The molecule has 9 heteroatoms. The maximum atomic E-state index is 13.3. The molecule has 2 aromatic carbocycles. The number of hydrogen-bond donors (Lipinski definition) is 1. The molecular formula is C28H35N5O3S. The highest BCUT2D eigenvalue weighted by Gasteiger charge is 2.41. The van der Waals surface area contributed by atoms with Crippen LogP contribution < -0.4 is 5.32 Å². The van der Waals surface area contributed by atoms with E-state index in [9.17, 15) is 13.2 Å². The molecule has 8 nitrogen and oxygen atoms in total. The lowest BCUT2D eigenvalue weighted by molar-refractivity contribution is 0.207. The van der Waals surface area contributed by atoms with Gasteiger partial charge >= 0.3 is 6.03 Å². The maximum Gasteiger partial charge on any atom is 0.317 e. The molecule has 5 rings (SSSR count). The van der Waals surface area contributed by atoms with Crippen LogP contribution in [0.1, 0.15) is 80.2 Å². The van der Waals surface area contributed by atoms with Crippen LogP contribution >= 0.6 is 0 Å². The summed E-state index contributed by atoms with van der Waals surface area (Å²) in [6.07, 6.45) is 2.29. The number of nitrogens with one attached hydrogen (secondary N) is 1. The Kier molecular flexibility index (Phi) is 7.07. The fraction of sp³-hybridized carbons (Fsp3) is 0.464. The number of rotatable bonds is 8. The molecule has 2 atom stereocenters. The van der Waals surface area contributed by atoms with Crippen LogP contribution in [0.2, 0.25) is 0 Å². The Labute approximate surface area is 219 Å². The molecule has 0 spiro atoms. The molecule has 2 unspecified atom stereocenters. The molecule has 1 aliphatic carbocycles. The summed E-state index contributed by atoms with van der Waals surface area (Å²) >= 11 is 0. The average molecular weight is 522 g/mol. The summed E-state index contributed by atoms with van der Waals surface area (Å²) in [6, 6.07) is 17.1.